The van der Waals surface area contributed by atoms with Crippen LogP contribution in [-0.4, -0.2) is 52.4 Å². The SMILES string of the molecule is CC/C=C\CCCCCCCCCC/C=C\CCCCCCCC(O)(C[N+](C)(C)C)P(=O)(O)O. The minimum atomic E-state index is -4.55. The summed E-state index contributed by atoms with van der Waals surface area (Å²) in [5, 5.41) is 8.64. The van der Waals surface area contributed by atoms with E-state index in [-0.39, 0.29) is 13.0 Å². The number of rotatable bonds is 23. The Bertz CT molecular complexity index is 579. The average molecular weight is 503 g/mol. The van der Waals surface area contributed by atoms with E-state index in [9.17, 15) is 19.5 Å². The quantitative estimate of drug-likeness (QED) is 0.0578. The molecule has 0 saturated carbocycles. The molecule has 0 amide bonds. The highest BCUT2D eigenvalue weighted by Crippen LogP contribution is 2.52. The maximum absolute atomic E-state index is 11.8. The third kappa shape index (κ3) is 19.8. The number of hydrogen-bond donors (Lipinski definition) is 3. The van der Waals surface area contributed by atoms with E-state index in [4.69, 9.17) is 0 Å². The molecule has 6 heteroatoms. The maximum Gasteiger partial charge on any atom is 0.362 e. The van der Waals surface area contributed by atoms with Gasteiger partial charge < -0.3 is 19.4 Å². The van der Waals surface area contributed by atoms with Crippen LogP contribution in [0.25, 0.3) is 0 Å². The van der Waals surface area contributed by atoms with Crippen LogP contribution in [0.3, 0.4) is 0 Å². The molecule has 1 atom stereocenters. The summed E-state index contributed by atoms with van der Waals surface area (Å²) in [7, 11) is 0.962. The van der Waals surface area contributed by atoms with Crippen molar-refractivity contribution in [1.29, 1.82) is 0 Å². The van der Waals surface area contributed by atoms with Crippen LogP contribution in [0.2, 0.25) is 0 Å². The van der Waals surface area contributed by atoms with Crippen LogP contribution in [0.4, 0.5) is 0 Å². The zero-order valence-electron chi connectivity index (χ0n) is 22.9. The highest BCUT2D eigenvalue weighted by atomic mass is 31.2. The fourth-order valence-corrected chi connectivity index (χ4v) is 5.44. The lowest BCUT2D eigenvalue weighted by molar-refractivity contribution is -0.875. The van der Waals surface area contributed by atoms with E-state index in [0.717, 1.165) is 38.5 Å². The molecule has 1 unspecified atom stereocenters. The summed E-state index contributed by atoms with van der Waals surface area (Å²) in [4.78, 5) is 19.2. The lowest BCUT2D eigenvalue weighted by Crippen LogP contribution is -2.49. The Kier molecular flexibility index (Phi) is 19.4. The minimum Gasteiger partial charge on any atom is -0.373 e. The van der Waals surface area contributed by atoms with Gasteiger partial charge >= 0.3 is 7.60 Å². The molecule has 0 aromatic carbocycles. The summed E-state index contributed by atoms with van der Waals surface area (Å²) < 4.78 is 12.1. The number of aliphatic hydroxyl groups is 1. The highest BCUT2D eigenvalue weighted by molar-refractivity contribution is 7.53. The minimum absolute atomic E-state index is 0.0548. The molecule has 0 aliphatic rings. The Balaban J connectivity index is 3.58. The average Bonchev–Trinajstić information content (AvgIpc) is 2.73. The van der Waals surface area contributed by atoms with Gasteiger partial charge in [0.25, 0.3) is 0 Å². The molecule has 0 aliphatic heterocycles. The number of unbranched alkanes of at least 4 members (excludes halogenated alkanes) is 14. The highest BCUT2D eigenvalue weighted by Gasteiger charge is 2.48. The van der Waals surface area contributed by atoms with E-state index in [1.54, 1.807) is 0 Å². The first-order valence-electron chi connectivity index (χ1n) is 13.9. The molecule has 0 fully saturated rings. The van der Waals surface area contributed by atoms with Crippen molar-refractivity contribution in [2.45, 2.75) is 128 Å². The van der Waals surface area contributed by atoms with E-state index >= 15 is 0 Å². The van der Waals surface area contributed by atoms with Crippen LogP contribution in [0.15, 0.2) is 24.3 Å². The van der Waals surface area contributed by atoms with Gasteiger partial charge in [-0.05, 0) is 57.8 Å². The molecule has 0 heterocycles. The molecule has 0 aromatic heterocycles. The van der Waals surface area contributed by atoms with E-state index in [1.165, 1.54) is 64.2 Å². The summed E-state index contributed by atoms with van der Waals surface area (Å²) in [5.74, 6) is 0. The van der Waals surface area contributed by atoms with Crippen LogP contribution >= 0.6 is 7.60 Å². The second-order valence-electron chi connectivity index (χ2n) is 11.0. The Hall–Kier alpha value is -0.450. The predicted octanol–water partition coefficient (Wildman–Crippen LogP) is 7.71. The third-order valence-electron chi connectivity index (χ3n) is 6.28. The molecule has 0 saturated heterocycles. The summed E-state index contributed by atoms with van der Waals surface area (Å²) in [6.45, 7) is 2.24. The van der Waals surface area contributed by atoms with Gasteiger partial charge in [0.15, 0.2) is 0 Å². The van der Waals surface area contributed by atoms with Crippen molar-refractivity contribution >= 4 is 7.60 Å². The molecule has 0 aromatic rings. The number of likely N-dealkylation sites (N-methyl/N-ethyl adjacent to an activating group) is 1. The van der Waals surface area contributed by atoms with Gasteiger partial charge in [-0.1, -0.05) is 89.0 Å². The van der Waals surface area contributed by atoms with Crippen LogP contribution in [0.1, 0.15) is 122 Å². The molecular formula is C28H57NO4P+. The van der Waals surface area contributed by atoms with Gasteiger partial charge in [-0.25, -0.2) is 0 Å². The normalized spacial score (nSPS) is 14.9. The van der Waals surface area contributed by atoms with Gasteiger partial charge in [0.2, 0.25) is 5.34 Å². The molecule has 5 nitrogen and oxygen atoms in total. The van der Waals surface area contributed by atoms with E-state index in [2.05, 4.69) is 31.2 Å². The Morgan fingerprint density at radius 3 is 1.35 bits per heavy atom. The molecule has 0 bridgehead atoms. The molecule has 202 valence electrons. The fourth-order valence-electron chi connectivity index (χ4n) is 4.38. The summed E-state index contributed by atoms with van der Waals surface area (Å²) in [6.07, 6.45) is 29.9. The van der Waals surface area contributed by atoms with Crippen LogP contribution in [-0.2, 0) is 4.57 Å². The molecule has 0 rings (SSSR count). The van der Waals surface area contributed by atoms with Crippen molar-refractivity contribution in [1.82, 2.24) is 0 Å². The summed E-state index contributed by atoms with van der Waals surface area (Å²) >= 11 is 0. The standard InChI is InChI=1S/C28H56NO4P/c1-5-6-7-8-9-10-11-12-13-14-15-16-17-18-19-20-21-22-23-24-25-26-28(30,34(31,32)33)27-29(2,3)4/h6-7,18-19,30H,5,8-17,20-27H2,1-4H3,(H-,31,32,33)/p+1/b7-6-,19-18-. The molecular weight excluding hydrogens is 445 g/mol. The van der Waals surface area contributed by atoms with E-state index < -0.39 is 12.9 Å². The van der Waals surface area contributed by atoms with Gasteiger partial charge in [0.05, 0.1) is 21.1 Å². The van der Waals surface area contributed by atoms with Crippen LogP contribution in [0, 0.1) is 0 Å². The topological polar surface area (TPSA) is 77.8 Å². The number of nitrogens with zero attached hydrogens (tertiary/aromatic N) is 1. The van der Waals surface area contributed by atoms with Gasteiger partial charge in [-0.3, -0.25) is 4.57 Å². The molecule has 0 radical (unpaired) electrons. The maximum atomic E-state index is 11.8. The van der Waals surface area contributed by atoms with Gasteiger partial charge in [-0.2, -0.15) is 0 Å². The zero-order chi connectivity index (χ0) is 25.8. The molecule has 34 heavy (non-hydrogen) atoms. The smallest absolute Gasteiger partial charge is 0.362 e. The van der Waals surface area contributed by atoms with Crippen LogP contribution in [0.5, 0.6) is 0 Å². The van der Waals surface area contributed by atoms with Crippen molar-refractivity contribution in [2.24, 2.45) is 0 Å². The van der Waals surface area contributed by atoms with Gasteiger partial charge in [0.1, 0.15) is 6.54 Å². The molecule has 0 spiro atoms. The second kappa shape index (κ2) is 19.7. The zero-order valence-corrected chi connectivity index (χ0v) is 23.8. The van der Waals surface area contributed by atoms with Crippen molar-refractivity contribution in [3.63, 3.8) is 0 Å². The van der Waals surface area contributed by atoms with Crippen molar-refractivity contribution < 1.29 is 23.9 Å². The van der Waals surface area contributed by atoms with Crippen molar-refractivity contribution in [3.8, 4) is 0 Å². The Labute approximate surface area is 211 Å². The van der Waals surface area contributed by atoms with E-state index in [0.29, 0.717) is 10.9 Å². The second-order valence-corrected chi connectivity index (χ2v) is 13.0. The van der Waals surface area contributed by atoms with Crippen molar-refractivity contribution in [2.75, 3.05) is 27.7 Å². The van der Waals surface area contributed by atoms with Gasteiger partial charge in [-0.15, -0.1) is 0 Å². The number of hydrogen-bond acceptors (Lipinski definition) is 2. The van der Waals surface area contributed by atoms with Crippen molar-refractivity contribution in [3.05, 3.63) is 24.3 Å². The van der Waals surface area contributed by atoms with E-state index in [1.807, 2.05) is 21.1 Å². The predicted molar refractivity (Wildman–Crippen MR) is 147 cm³/mol. The monoisotopic (exact) mass is 502 g/mol. The molecule has 0 aliphatic carbocycles. The fraction of sp³-hybridized carbons (Fsp3) is 0.857. The first-order chi connectivity index (χ1) is 16.0. The lowest BCUT2D eigenvalue weighted by Gasteiger charge is -2.35. The van der Waals surface area contributed by atoms with Crippen LogP contribution < -0.4 is 0 Å². The first-order valence-corrected chi connectivity index (χ1v) is 15.5. The molecule has 3 N–H and O–H groups in total. The number of quaternary nitrogens is 1. The Morgan fingerprint density at radius 1 is 0.647 bits per heavy atom. The van der Waals surface area contributed by atoms with Gasteiger partial charge in [0, 0.05) is 0 Å². The third-order valence-corrected chi connectivity index (χ3v) is 7.73. The first kappa shape index (κ1) is 33.5. The Morgan fingerprint density at radius 2 is 1.00 bits per heavy atom. The lowest BCUT2D eigenvalue weighted by atomic mass is 10.0. The largest absolute Gasteiger partial charge is 0.373 e. The summed E-state index contributed by atoms with van der Waals surface area (Å²) in [5.41, 5.74) is 0. The summed E-state index contributed by atoms with van der Waals surface area (Å²) in [6, 6.07) is 0. The number of allylic oxidation sites excluding steroid dienone is 4.